The van der Waals surface area contributed by atoms with Crippen molar-refractivity contribution in [3.8, 4) is 5.75 Å². The van der Waals surface area contributed by atoms with Gasteiger partial charge in [0.15, 0.2) is 0 Å². The average Bonchev–Trinajstić information content (AvgIpc) is 2.78. The zero-order valence-corrected chi connectivity index (χ0v) is 13.0. The normalized spacial score (nSPS) is 19.5. The zero-order valence-electron chi connectivity index (χ0n) is 13.0. The van der Waals surface area contributed by atoms with E-state index in [1.165, 1.54) is 12.8 Å². The lowest BCUT2D eigenvalue weighted by Crippen LogP contribution is -2.52. The highest BCUT2D eigenvalue weighted by atomic mass is 16.5. The predicted octanol–water partition coefficient (Wildman–Crippen LogP) is 3.26. The van der Waals surface area contributed by atoms with Crippen LogP contribution in [0.2, 0.25) is 0 Å². The molecule has 1 atom stereocenters. The second-order valence-corrected chi connectivity index (χ2v) is 5.65. The number of rotatable bonds is 5. The Morgan fingerprint density at radius 3 is 2.19 bits per heavy atom. The van der Waals surface area contributed by atoms with E-state index in [4.69, 9.17) is 4.74 Å². The van der Waals surface area contributed by atoms with Gasteiger partial charge < -0.3 is 9.84 Å². The number of methoxy groups -OCH3 is 1. The molecule has 1 aliphatic rings. The lowest BCUT2D eigenvalue weighted by atomic mass is 9.85. The minimum atomic E-state index is -0.920. The second kappa shape index (κ2) is 6.94. The molecule has 1 fully saturated rings. The molecule has 1 saturated heterocycles. The monoisotopic (exact) mass is 291 g/mol. The maximum atomic E-state index is 12.1. The van der Waals surface area contributed by atoms with Gasteiger partial charge in [0.1, 0.15) is 11.3 Å². The van der Waals surface area contributed by atoms with Gasteiger partial charge in [-0.2, -0.15) is 0 Å². The standard InChI is InChI=1S/C17H25NO3/c1-3-17(16(19)20,18-12-6-4-5-7-13-18)14-8-10-15(21-2)11-9-14/h8-11H,3-7,12-13H2,1-2H3,(H,19,20). The van der Waals surface area contributed by atoms with Crippen molar-refractivity contribution in [3.63, 3.8) is 0 Å². The molecule has 116 valence electrons. The van der Waals surface area contributed by atoms with Crippen molar-refractivity contribution < 1.29 is 14.6 Å². The molecule has 0 spiro atoms. The number of hydrogen-bond acceptors (Lipinski definition) is 3. The molecule has 1 aliphatic heterocycles. The number of nitrogens with zero attached hydrogens (tertiary/aromatic N) is 1. The van der Waals surface area contributed by atoms with Crippen molar-refractivity contribution >= 4 is 5.97 Å². The largest absolute Gasteiger partial charge is 0.497 e. The molecule has 1 N–H and O–H groups in total. The van der Waals surface area contributed by atoms with E-state index in [0.29, 0.717) is 6.42 Å². The fraction of sp³-hybridized carbons (Fsp3) is 0.588. The lowest BCUT2D eigenvalue weighted by molar-refractivity contribution is -0.153. The van der Waals surface area contributed by atoms with E-state index < -0.39 is 11.5 Å². The van der Waals surface area contributed by atoms with Gasteiger partial charge in [-0.25, -0.2) is 4.79 Å². The Hall–Kier alpha value is -1.55. The number of benzene rings is 1. The number of likely N-dealkylation sites (tertiary alicyclic amines) is 1. The summed E-state index contributed by atoms with van der Waals surface area (Å²) < 4.78 is 5.18. The Balaban J connectivity index is 2.41. The number of ether oxygens (including phenoxy) is 1. The smallest absolute Gasteiger partial charge is 0.328 e. The highest BCUT2D eigenvalue weighted by Gasteiger charge is 2.44. The molecule has 21 heavy (non-hydrogen) atoms. The summed E-state index contributed by atoms with van der Waals surface area (Å²) in [6, 6.07) is 7.48. The summed E-state index contributed by atoms with van der Waals surface area (Å²) in [5.41, 5.74) is -0.0726. The molecule has 0 radical (unpaired) electrons. The van der Waals surface area contributed by atoms with Crippen LogP contribution in [0.5, 0.6) is 5.75 Å². The summed E-state index contributed by atoms with van der Waals surface area (Å²) in [6.07, 6.45) is 5.10. The molecular formula is C17H25NO3. The summed E-state index contributed by atoms with van der Waals surface area (Å²) >= 11 is 0. The van der Waals surface area contributed by atoms with Crippen molar-refractivity contribution in [1.82, 2.24) is 4.90 Å². The van der Waals surface area contributed by atoms with Crippen LogP contribution in [-0.4, -0.2) is 36.2 Å². The fourth-order valence-corrected chi connectivity index (χ4v) is 3.34. The van der Waals surface area contributed by atoms with Crippen LogP contribution >= 0.6 is 0 Å². The van der Waals surface area contributed by atoms with Gasteiger partial charge in [-0.15, -0.1) is 0 Å². The van der Waals surface area contributed by atoms with Crippen molar-refractivity contribution in [2.24, 2.45) is 0 Å². The first-order valence-electron chi connectivity index (χ1n) is 7.78. The Bertz CT molecular complexity index is 463. The molecule has 1 aromatic rings. The molecular weight excluding hydrogens is 266 g/mol. The van der Waals surface area contributed by atoms with E-state index in [1.54, 1.807) is 7.11 Å². The van der Waals surface area contributed by atoms with E-state index in [2.05, 4.69) is 4.90 Å². The van der Waals surface area contributed by atoms with E-state index in [9.17, 15) is 9.90 Å². The third-order valence-electron chi connectivity index (χ3n) is 4.58. The van der Waals surface area contributed by atoms with Crippen molar-refractivity contribution in [1.29, 1.82) is 0 Å². The van der Waals surface area contributed by atoms with Crippen LogP contribution in [0.1, 0.15) is 44.6 Å². The summed E-state index contributed by atoms with van der Waals surface area (Å²) in [7, 11) is 1.62. The third kappa shape index (κ3) is 3.05. The first kappa shape index (κ1) is 15.8. The summed E-state index contributed by atoms with van der Waals surface area (Å²) in [6.45, 7) is 3.67. The van der Waals surface area contributed by atoms with Crippen LogP contribution in [-0.2, 0) is 10.3 Å². The van der Waals surface area contributed by atoms with Crippen molar-refractivity contribution in [2.75, 3.05) is 20.2 Å². The number of carboxylic acids is 1. The summed E-state index contributed by atoms with van der Waals surface area (Å²) in [5.74, 6) is 0.00192. The van der Waals surface area contributed by atoms with Crippen LogP contribution in [0.15, 0.2) is 24.3 Å². The van der Waals surface area contributed by atoms with E-state index in [0.717, 1.165) is 37.2 Å². The Morgan fingerprint density at radius 2 is 1.76 bits per heavy atom. The Morgan fingerprint density at radius 1 is 1.19 bits per heavy atom. The first-order chi connectivity index (χ1) is 10.1. The molecule has 0 bridgehead atoms. The van der Waals surface area contributed by atoms with E-state index in [1.807, 2.05) is 31.2 Å². The number of hydrogen-bond donors (Lipinski definition) is 1. The Kier molecular flexibility index (Phi) is 5.23. The number of carbonyl (C=O) groups is 1. The topological polar surface area (TPSA) is 49.8 Å². The maximum Gasteiger partial charge on any atom is 0.328 e. The average molecular weight is 291 g/mol. The van der Waals surface area contributed by atoms with Crippen LogP contribution in [0.25, 0.3) is 0 Å². The zero-order chi connectivity index (χ0) is 15.3. The van der Waals surface area contributed by atoms with Crippen LogP contribution in [0, 0.1) is 0 Å². The highest BCUT2D eigenvalue weighted by Crippen LogP contribution is 2.35. The number of carboxylic acid groups (broad SMARTS) is 1. The minimum absolute atomic E-state index is 0.564. The molecule has 0 aliphatic carbocycles. The van der Waals surface area contributed by atoms with Gasteiger partial charge in [0, 0.05) is 0 Å². The van der Waals surface area contributed by atoms with Crippen molar-refractivity contribution in [3.05, 3.63) is 29.8 Å². The van der Waals surface area contributed by atoms with E-state index >= 15 is 0 Å². The Labute approximate surface area is 126 Å². The van der Waals surface area contributed by atoms with Crippen LogP contribution in [0.3, 0.4) is 0 Å². The highest BCUT2D eigenvalue weighted by molar-refractivity contribution is 5.81. The summed E-state index contributed by atoms with van der Waals surface area (Å²) in [5, 5.41) is 9.97. The molecule has 2 rings (SSSR count). The molecule has 0 saturated carbocycles. The predicted molar refractivity (Wildman–Crippen MR) is 82.6 cm³/mol. The third-order valence-corrected chi connectivity index (χ3v) is 4.58. The molecule has 1 unspecified atom stereocenters. The maximum absolute atomic E-state index is 12.1. The SMILES string of the molecule is CCC(C(=O)O)(c1ccc(OC)cc1)N1CCCCCC1. The molecule has 1 aromatic carbocycles. The summed E-state index contributed by atoms with van der Waals surface area (Å²) in [4.78, 5) is 14.3. The molecule has 1 heterocycles. The fourth-order valence-electron chi connectivity index (χ4n) is 3.34. The quantitative estimate of drug-likeness (QED) is 0.904. The van der Waals surface area contributed by atoms with Gasteiger partial charge in [-0.1, -0.05) is 31.9 Å². The molecule has 0 amide bonds. The molecule has 4 heteroatoms. The van der Waals surface area contributed by atoms with Gasteiger partial charge in [0.05, 0.1) is 7.11 Å². The van der Waals surface area contributed by atoms with Gasteiger partial charge in [-0.3, -0.25) is 4.90 Å². The minimum Gasteiger partial charge on any atom is -0.497 e. The van der Waals surface area contributed by atoms with Gasteiger partial charge >= 0.3 is 5.97 Å². The lowest BCUT2D eigenvalue weighted by Gasteiger charge is -2.40. The number of aliphatic carboxylic acids is 1. The van der Waals surface area contributed by atoms with Crippen molar-refractivity contribution in [2.45, 2.75) is 44.6 Å². The van der Waals surface area contributed by atoms with Crippen LogP contribution < -0.4 is 4.74 Å². The van der Waals surface area contributed by atoms with Gasteiger partial charge in [-0.05, 0) is 50.0 Å². The van der Waals surface area contributed by atoms with Gasteiger partial charge in [0.25, 0.3) is 0 Å². The van der Waals surface area contributed by atoms with Crippen LogP contribution in [0.4, 0.5) is 0 Å². The van der Waals surface area contributed by atoms with Gasteiger partial charge in [0.2, 0.25) is 0 Å². The van der Waals surface area contributed by atoms with E-state index in [-0.39, 0.29) is 0 Å². The molecule has 4 nitrogen and oxygen atoms in total. The first-order valence-corrected chi connectivity index (χ1v) is 7.78. The second-order valence-electron chi connectivity index (χ2n) is 5.65. The molecule has 0 aromatic heterocycles.